The minimum absolute atomic E-state index is 0.112. The predicted molar refractivity (Wildman–Crippen MR) is 63.6 cm³/mol. The van der Waals surface area contributed by atoms with Crippen LogP contribution < -0.4 is 10.6 Å². The molecular formula is C10H21BN2O3. The van der Waals surface area contributed by atoms with Crippen molar-refractivity contribution in [3.63, 3.8) is 0 Å². The first-order valence-electron chi connectivity index (χ1n) is 5.87. The van der Waals surface area contributed by atoms with E-state index in [1.807, 2.05) is 7.05 Å². The topological polar surface area (TPSA) is 81.6 Å². The van der Waals surface area contributed by atoms with Crippen LogP contribution in [0.3, 0.4) is 0 Å². The molecule has 16 heavy (non-hydrogen) atoms. The van der Waals surface area contributed by atoms with Crippen molar-refractivity contribution in [2.45, 2.75) is 38.1 Å². The van der Waals surface area contributed by atoms with Gasteiger partial charge in [-0.3, -0.25) is 4.79 Å². The normalized spacial score (nSPS) is 29.3. The zero-order valence-electron chi connectivity index (χ0n) is 9.94. The first-order chi connectivity index (χ1) is 7.56. The molecule has 0 aromatic carbocycles. The van der Waals surface area contributed by atoms with Crippen molar-refractivity contribution in [3.8, 4) is 0 Å². The van der Waals surface area contributed by atoms with Crippen LogP contribution in [0, 0.1) is 5.92 Å². The van der Waals surface area contributed by atoms with Crippen LogP contribution in [-0.4, -0.2) is 48.7 Å². The van der Waals surface area contributed by atoms with Gasteiger partial charge in [-0.25, -0.2) is 0 Å². The molecule has 6 heteroatoms. The van der Waals surface area contributed by atoms with Crippen molar-refractivity contribution in [2.24, 2.45) is 5.92 Å². The number of carboxylic acids is 1. The maximum Gasteiger partial charge on any atom is 0.321 e. The quantitative estimate of drug-likeness (QED) is 0.467. The highest BCUT2D eigenvalue weighted by atomic mass is 16.4. The molecule has 1 saturated heterocycles. The van der Waals surface area contributed by atoms with Gasteiger partial charge in [0.15, 0.2) is 0 Å². The molecule has 1 aliphatic heterocycles. The van der Waals surface area contributed by atoms with Crippen molar-refractivity contribution in [3.05, 3.63) is 0 Å². The highest BCUT2D eigenvalue weighted by Crippen LogP contribution is 2.23. The third-order valence-electron chi connectivity index (χ3n) is 3.30. The molecule has 5 nitrogen and oxygen atoms in total. The molecular weight excluding hydrogens is 207 g/mol. The minimum atomic E-state index is -0.778. The molecule has 0 spiro atoms. The second kappa shape index (κ2) is 6.22. The third kappa shape index (κ3) is 3.47. The maximum atomic E-state index is 11.0. The van der Waals surface area contributed by atoms with Gasteiger partial charge >= 0.3 is 5.97 Å². The van der Waals surface area contributed by atoms with E-state index < -0.39 is 12.0 Å². The van der Waals surface area contributed by atoms with Crippen molar-refractivity contribution in [1.82, 2.24) is 10.6 Å². The molecule has 3 unspecified atom stereocenters. The van der Waals surface area contributed by atoms with E-state index in [4.69, 9.17) is 5.11 Å². The molecule has 92 valence electrons. The molecule has 0 aromatic rings. The number of hydrogen-bond acceptors (Lipinski definition) is 4. The number of carboxylic acid groups (broad SMARTS) is 1. The summed E-state index contributed by atoms with van der Waals surface area (Å²) in [6, 6.07) is -0.235. The van der Waals surface area contributed by atoms with Gasteiger partial charge in [-0.1, -0.05) is 13.2 Å². The first kappa shape index (κ1) is 13.5. The molecule has 0 amide bonds. The number of hydrogen-bond donors (Lipinski definition) is 4. The SMILES string of the molecule is CNC1CNC(C(=O)O)C1CCCB(C)O. The fourth-order valence-corrected chi connectivity index (χ4v) is 2.39. The van der Waals surface area contributed by atoms with Gasteiger partial charge in [0.25, 0.3) is 6.92 Å². The molecule has 0 saturated carbocycles. The van der Waals surface area contributed by atoms with Crippen molar-refractivity contribution in [2.75, 3.05) is 13.6 Å². The van der Waals surface area contributed by atoms with Gasteiger partial charge in [-0.15, -0.1) is 0 Å². The molecule has 0 radical (unpaired) electrons. The van der Waals surface area contributed by atoms with Crippen LogP contribution in [0.2, 0.25) is 13.1 Å². The van der Waals surface area contributed by atoms with E-state index in [1.165, 1.54) is 0 Å². The van der Waals surface area contributed by atoms with Crippen LogP contribution in [0.25, 0.3) is 0 Å². The van der Waals surface area contributed by atoms with E-state index in [2.05, 4.69) is 10.6 Å². The molecule has 3 atom stereocenters. The Hall–Kier alpha value is -0.585. The zero-order chi connectivity index (χ0) is 12.1. The van der Waals surface area contributed by atoms with E-state index in [0.29, 0.717) is 6.54 Å². The van der Waals surface area contributed by atoms with E-state index in [0.717, 1.165) is 19.2 Å². The van der Waals surface area contributed by atoms with Gasteiger partial charge in [0.2, 0.25) is 0 Å². The Labute approximate surface area is 96.7 Å². The summed E-state index contributed by atoms with van der Waals surface area (Å²) in [5.74, 6) is -0.666. The summed E-state index contributed by atoms with van der Waals surface area (Å²) in [5, 5.41) is 24.4. The minimum Gasteiger partial charge on any atom is -0.480 e. The average molecular weight is 228 g/mol. The summed E-state index contributed by atoms with van der Waals surface area (Å²) < 4.78 is 0. The Bertz CT molecular complexity index is 238. The van der Waals surface area contributed by atoms with Gasteiger partial charge in [-0.05, 0) is 19.8 Å². The fraction of sp³-hybridized carbons (Fsp3) is 0.900. The Kier molecular flexibility index (Phi) is 5.24. The lowest BCUT2D eigenvalue weighted by Crippen LogP contribution is -2.38. The number of carbonyl (C=O) groups is 1. The molecule has 4 N–H and O–H groups in total. The Morgan fingerprint density at radius 3 is 2.81 bits per heavy atom. The van der Waals surface area contributed by atoms with Gasteiger partial charge in [0.1, 0.15) is 6.04 Å². The fourth-order valence-electron chi connectivity index (χ4n) is 2.39. The average Bonchev–Trinajstić information content (AvgIpc) is 2.60. The number of nitrogens with one attached hydrogen (secondary N) is 2. The van der Waals surface area contributed by atoms with Crippen LogP contribution in [0.5, 0.6) is 0 Å². The van der Waals surface area contributed by atoms with Crippen LogP contribution in [0.15, 0.2) is 0 Å². The van der Waals surface area contributed by atoms with E-state index in [-0.39, 0.29) is 18.9 Å². The smallest absolute Gasteiger partial charge is 0.321 e. The monoisotopic (exact) mass is 228 g/mol. The Morgan fingerprint density at radius 2 is 2.31 bits per heavy atom. The molecule has 0 aromatic heterocycles. The third-order valence-corrected chi connectivity index (χ3v) is 3.30. The number of likely N-dealkylation sites (N-methyl/N-ethyl adjacent to an activating group) is 1. The second-order valence-corrected chi connectivity index (χ2v) is 4.56. The molecule has 1 rings (SSSR count). The largest absolute Gasteiger partial charge is 0.480 e. The van der Waals surface area contributed by atoms with Gasteiger partial charge in [0.05, 0.1) is 0 Å². The van der Waals surface area contributed by atoms with Crippen LogP contribution in [0.4, 0.5) is 0 Å². The molecule has 0 bridgehead atoms. The zero-order valence-corrected chi connectivity index (χ0v) is 9.94. The summed E-state index contributed by atoms with van der Waals surface area (Å²) in [6.45, 7) is 2.16. The summed E-state index contributed by atoms with van der Waals surface area (Å²) in [5.41, 5.74) is 0. The van der Waals surface area contributed by atoms with Crippen LogP contribution >= 0.6 is 0 Å². The summed E-state index contributed by atoms with van der Waals surface area (Å²) in [4.78, 5) is 11.0. The van der Waals surface area contributed by atoms with Crippen LogP contribution in [-0.2, 0) is 4.79 Å². The summed E-state index contributed by atoms with van der Waals surface area (Å²) in [7, 11) is 1.86. The molecule has 0 aliphatic carbocycles. The lowest BCUT2D eigenvalue weighted by Gasteiger charge is -2.21. The van der Waals surface area contributed by atoms with Gasteiger partial charge in [0, 0.05) is 18.5 Å². The number of aliphatic carboxylic acids is 1. The summed E-state index contributed by atoms with van der Waals surface area (Å²) >= 11 is 0. The van der Waals surface area contributed by atoms with Crippen molar-refractivity contribution >= 4 is 12.9 Å². The molecule has 1 aliphatic rings. The van der Waals surface area contributed by atoms with Crippen molar-refractivity contribution < 1.29 is 14.9 Å². The molecule has 1 fully saturated rings. The van der Waals surface area contributed by atoms with E-state index in [9.17, 15) is 9.82 Å². The maximum absolute atomic E-state index is 11.0. The summed E-state index contributed by atoms with van der Waals surface area (Å²) in [6.07, 6.45) is 2.44. The van der Waals surface area contributed by atoms with Crippen molar-refractivity contribution in [1.29, 1.82) is 0 Å². The van der Waals surface area contributed by atoms with Gasteiger partial charge < -0.3 is 20.8 Å². The highest BCUT2D eigenvalue weighted by molar-refractivity contribution is 6.48. The van der Waals surface area contributed by atoms with E-state index >= 15 is 0 Å². The highest BCUT2D eigenvalue weighted by Gasteiger charge is 2.38. The Balaban J connectivity index is 2.46. The van der Waals surface area contributed by atoms with Crippen LogP contribution in [0.1, 0.15) is 12.8 Å². The lowest BCUT2D eigenvalue weighted by molar-refractivity contribution is -0.140. The number of rotatable bonds is 6. The van der Waals surface area contributed by atoms with E-state index in [1.54, 1.807) is 6.82 Å². The predicted octanol–water partition coefficient (Wildman–Crippen LogP) is -0.359. The Morgan fingerprint density at radius 1 is 1.62 bits per heavy atom. The standard InChI is InChI=1S/C10H21BN2O3/c1-11(16)5-3-4-7-8(12-2)6-13-9(7)10(14)15/h7-9,12-13,16H,3-6H2,1-2H3,(H,14,15). The second-order valence-electron chi connectivity index (χ2n) is 4.56. The first-order valence-corrected chi connectivity index (χ1v) is 5.87. The van der Waals surface area contributed by atoms with Gasteiger partial charge in [-0.2, -0.15) is 0 Å². The molecule has 1 heterocycles. The lowest BCUT2D eigenvalue weighted by atomic mass is 9.66.